The SMILES string of the molecule is O=P1(O)Oc2c(-c3cc(-c4cccc5ccccc45)cc(-c4cccc5ccccc45)c3)cc3ccccc3c2-c2c(c(-c3cc(-c4cccc5ccccc45)cc(-c4cccc5ccccc45)c3)cc3ccccc23)O1. The third-order valence-electron chi connectivity index (χ3n) is 15.6. The Morgan fingerprint density at radius 3 is 0.779 bits per heavy atom. The van der Waals surface area contributed by atoms with Crippen LogP contribution >= 0.6 is 7.82 Å². The highest BCUT2D eigenvalue weighted by atomic mass is 31.2. The number of benzene rings is 14. The van der Waals surface area contributed by atoms with Crippen molar-refractivity contribution in [2.75, 3.05) is 0 Å². The van der Waals surface area contributed by atoms with Gasteiger partial charge < -0.3 is 9.05 Å². The minimum Gasteiger partial charge on any atom is -0.394 e. The summed E-state index contributed by atoms with van der Waals surface area (Å²) in [4.78, 5) is 12.4. The van der Waals surface area contributed by atoms with Crippen LogP contribution < -0.4 is 9.05 Å². The predicted molar refractivity (Wildman–Crippen MR) is 321 cm³/mol. The fraction of sp³-hybridized carbons (Fsp3) is 0. The van der Waals surface area contributed by atoms with Crippen LogP contribution in [0.5, 0.6) is 11.5 Å². The van der Waals surface area contributed by atoms with Gasteiger partial charge in [-0.2, -0.15) is 0 Å². The Hall–Kier alpha value is -9.57. The number of phosphoric ester groups is 1. The van der Waals surface area contributed by atoms with Crippen LogP contribution in [0.15, 0.2) is 267 Å². The summed E-state index contributed by atoms with van der Waals surface area (Å²) in [6, 6.07) is 93.5. The van der Waals surface area contributed by atoms with Gasteiger partial charge in [0.1, 0.15) is 11.5 Å². The minimum atomic E-state index is -4.96. The molecule has 1 N–H and O–H groups in total. The van der Waals surface area contributed by atoms with Crippen LogP contribution in [0.1, 0.15) is 0 Å². The van der Waals surface area contributed by atoms with E-state index in [1.165, 1.54) is 0 Å². The standard InChI is InChI=1S/C72H45O4P/c73-77(74)75-71-67(55-39-51(61-33-13-23-45-17-1-7-27-57(45)61)37-52(40-55)62-34-14-24-46-18-2-8-28-58(46)62)43-49-21-5-11-31-65(49)69(71)70-66-32-12-6-22-50(66)44-68(72(70)76-77)56-41-53(63-35-15-25-47-19-3-9-29-59(47)63)38-54(42-56)64-36-16-26-48-20-4-10-30-60(48)64/h1-44H,(H,73,74). The third kappa shape index (κ3) is 7.60. The number of fused-ring (bicyclic) bond motifs is 11. The second-order valence-corrected chi connectivity index (χ2v) is 21.4. The molecule has 4 nitrogen and oxygen atoms in total. The zero-order valence-electron chi connectivity index (χ0n) is 41.5. The van der Waals surface area contributed by atoms with Crippen LogP contribution in [0.4, 0.5) is 0 Å². The van der Waals surface area contributed by atoms with Crippen LogP contribution in [0, 0.1) is 0 Å². The lowest BCUT2D eigenvalue weighted by Crippen LogP contribution is -2.00. The molecule has 0 saturated heterocycles. The molecule has 1 aliphatic heterocycles. The van der Waals surface area contributed by atoms with E-state index in [-0.39, 0.29) is 11.5 Å². The summed E-state index contributed by atoms with van der Waals surface area (Å²) in [5, 5.41) is 12.6. The molecule has 0 radical (unpaired) electrons. The average molecular weight is 1010 g/mol. The molecule has 15 rings (SSSR count). The lowest BCUT2D eigenvalue weighted by atomic mass is 9.84. The van der Waals surface area contributed by atoms with Gasteiger partial charge in [-0.3, -0.25) is 4.89 Å². The van der Waals surface area contributed by atoms with E-state index in [2.05, 4.69) is 243 Å². The van der Waals surface area contributed by atoms with Gasteiger partial charge >= 0.3 is 7.82 Å². The van der Waals surface area contributed by atoms with Gasteiger partial charge in [0.25, 0.3) is 0 Å². The van der Waals surface area contributed by atoms with Crippen molar-refractivity contribution in [1.29, 1.82) is 0 Å². The lowest BCUT2D eigenvalue weighted by Gasteiger charge is -2.20. The molecule has 77 heavy (non-hydrogen) atoms. The predicted octanol–water partition coefficient (Wildman–Crippen LogP) is 20.1. The largest absolute Gasteiger partial charge is 0.584 e. The second-order valence-electron chi connectivity index (χ2n) is 20.1. The van der Waals surface area contributed by atoms with E-state index in [9.17, 15) is 4.89 Å². The van der Waals surface area contributed by atoms with Crippen molar-refractivity contribution in [1.82, 2.24) is 0 Å². The van der Waals surface area contributed by atoms with Crippen LogP contribution in [0.2, 0.25) is 0 Å². The first kappa shape index (κ1) is 44.9. The molecular weight excluding hydrogens is 960 g/mol. The van der Waals surface area contributed by atoms with Crippen molar-refractivity contribution in [2.24, 2.45) is 0 Å². The van der Waals surface area contributed by atoms with Crippen molar-refractivity contribution in [3.05, 3.63) is 267 Å². The molecule has 0 bridgehead atoms. The van der Waals surface area contributed by atoms with Crippen LogP contribution in [-0.4, -0.2) is 4.89 Å². The van der Waals surface area contributed by atoms with Crippen LogP contribution in [-0.2, 0) is 4.57 Å². The van der Waals surface area contributed by atoms with E-state index in [1.54, 1.807) is 0 Å². The molecule has 0 aliphatic carbocycles. The summed E-state index contributed by atoms with van der Waals surface area (Å²) in [5.41, 5.74) is 12.6. The van der Waals surface area contributed by atoms with E-state index in [0.717, 1.165) is 120 Å². The molecule has 362 valence electrons. The fourth-order valence-corrected chi connectivity index (χ4v) is 13.0. The average Bonchev–Trinajstić information content (AvgIpc) is 3.65. The fourth-order valence-electron chi connectivity index (χ4n) is 12.1. The highest BCUT2D eigenvalue weighted by Crippen LogP contribution is 2.62. The van der Waals surface area contributed by atoms with Crippen LogP contribution in [0.3, 0.4) is 0 Å². The Bertz CT molecular complexity index is 4310. The van der Waals surface area contributed by atoms with E-state index in [1.807, 2.05) is 24.3 Å². The molecule has 14 aromatic rings. The van der Waals surface area contributed by atoms with Gasteiger partial charge in [-0.1, -0.05) is 218 Å². The molecule has 0 aromatic heterocycles. The maximum Gasteiger partial charge on any atom is 0.584 e. The number of hydrogen-bond donors (Lipinski definition) is 1. The van der Waals surface area contributed by atoms with E-state index >= 15 is 4.57 Å². The molecule has 1 heterocycles. The van der Waals surface area contributed by atoms with E-state index in [4.69, 9.17) is 9.05 Å². The van der Waals surface area contributed by atoms with Gasteiger partial charge in [-0.05, 0) is 169 Å². The molecule has 1 aliphatic rings. The van der Waals surface area contributed by atoms with Gasteiger partial charge in [0, 0.05) is 22.3 Å². The molecule has 14 aromatic carbocycles. The molecule has 0 amide bonds. The van der Waals surface area contributed by atoms with Crippen molar-refractivity contribution in [3.8, 4) is 89.4 Å². The quantitative estimate of drug-likeness (QED) is 0.169. The smallest absolute Gasteiger partial charge is 0.394 e. The number of hydrogen-bond acceptors (Lipinski definition) is 3. The van der Waals surface area contributed by atoms with Gasteiger partial charge in [0.05, 0.1) is 0 Å². The summed E-state index contributed by atoms with van der Waals surface area (Å²) >= 11 is 0. The van der Waals surface area contributed by atoms with Crippen molar-refractivity contribution >= 4 is 72.5 Å². The Morgan fingerprint density at radius 2 is 0.481 bits per heavy atom. The maximum atomic E-state index is 15.3. The highest BCUT2D eigenvalue weighted by molar-refractivity contribution is 7.48. The summed E-state index contributed by atoms with van der Waals surface area (Å²) in [6.07, 6.45) is 0. The lowest BCUT2D eigenvalue weighted by molar-refractivity contribution is 0.295. The zero-order chi connectivity index (χ0) is 51.2. The van der Waals surface area contributed by atoms with Crippen molar-refractivity contribution < 1.29 is 18.5 Å². The Morgan fingerprint density at radius 1 is 0.247 bits per heavy atom. The van der Waals surface area contributed by atoms with E-state index in [0.29, 0.717) is 22.3 Å². The Kier molecular flexibility index (Phi) is 10.4. The summed E-state index contributed by atoms with van der Waals surface area (Å²) < 4.78 is 28.6. The molecule has 0 fully saturated rings. The van der Waals surface area contributed by atoms with E-state index < -0.39 is 7.82 Å². The maximum absolute atomic E-state index is 15.3. The normalized spacial score (nSPS) is 12.8. The van der Waals surface area contributed by atoms with Crippen molar-refractivity contribution in [3.63, 3.8) is 0 Å². The Balaban J connectivity index is 1.04. The van der Waals surface area contributed by atoms with Gasteiger partial charge in [0.15, 0.2) is 0 Å². The molecule has 0 unspecified atom stereocenters. The monoisotopic (exact) mass is 1000 g/mol. The summed E-state index contributed by atoms with van der Waals surface area (Å²) in [5.74, 6) is 0.547. The molecule has 0 saturated carbocycles. The first-order chi connectivity index (χ1) is 37.9. The number of rotatable bonds is 6. The summed E-state index contributed by atoms with van der Waals surface area (Å²) in [6.45, 7) is 0. The molecule has 0 atom stereocenters. The summed E-state index contributed by atoms with van der Waals surface area (Å²) in [7, 11) is -4.96. The van der Waals surface area contributed by atoms with Gasteiger partial charge in [-0.25, -0.2) is 4.57 Å². The van der Waals surface area contributed by atoms with Crippen LogP contribution in [0.25, 0.3) is 143 Å². The first-order valence-electron chi connectivity index (χ1n) is 26.0. The number of phosphoric acid groups is 1. The minimum absolute atomic E-state index is 0.274. The molecule has 0 spiro atoms. The molecular formula is C72H45O4P. The first-order valence-corrected chi connectivity index (χ1v) is 27.5. The zero-order valence-corrected chi connectivity index (χ0v) is 42.4. The topological polar surface area (TPSA) is 55.8 Å². The van der Waals surface area contributed by atoms with Crippen molar-refractivity contribution in [2.45, 2.75) is 0 Å². The Labute approximate surface area is 444 Å². The highest BCUT2D eigenvalue weighted by Gasteiger charge is 2.38. The second kappa shape index (κ2) is 17.8. The third-order valence-corrected chi connectivity index (χ3v) is 16.4. The van der Waals surface area contributed by atoms with Gasteiger partial charge in [0.2, 0.25) is 0 Å². The van der Waals surface area contributed by atoms with Gasteiger partial charge in [-0.15, -0.1) is 0 Å². The molecule has 5 heteroatoms.